The number of anilines is 2. The molecule has 0 bridgehead atoms. The van der Waals surface area contributed by atoms with Crippen molar-refractivity contribution < 1.29 is 9.59 Å². The fraction of sp³-hybridized carbons (Fsp3) is 0.278. The van der Waals surface area contributed by atoms with Gasteiger partial charge in [0, 0.05) is 29.3 Å². The molecule has 2 amide bonds. The molecular weight excluding hydrogens is 386 g/mol. The Morgan fingerprint density at radius 2 is 2.12 bits per heavy atom. The van der Waals surface area contributed by atoms with Crippen LogP contribution in [0.1, 0.15) is 18.9 Å². The molecule has 0 aliphatic carbocycles. The van der Waals surface area contributed by atoms with E-state index in [0.717, 1.165) is 17.7 Å². The number of H-pyrrole nitrogens is 1. The van der Waals surface area contributed by atoms with E-state index in [2.05, 4.69) is 26.2 Å². The minimum absolute atomic E-state index is 0.0794. The number of amides is 2. The molecule has 2 N–H and O–H groups in total. The van der Waals surface area contributed by atoms with Crippen molar-refractivity contribution in [3.63, 3.8) is 0 Å². The minimum Gasteiger partial charge on any atom is -0.326 e. The van der Waals surface area contributed by atoms with E-state index in [0.29, 0.717) is 11.0 Å². The molecule has 7 heteroatoms. The molecule has 25 heavy (non-hydrogen) atoms. The van der Waals surface area contributed by atoms with Crippen molar-refractivity contribution in [1.29, 1.82) is 0 Å². The summed E-state index contributed by atoms with van der Waals surface area (Å²) in [6, 6.07) is 9.24. The van der Waals surface area contributed by atoms with Crippen LogP contribution in [0.4, 0.5) is 11.4 Å². The minimum atomic E-state index is -0.490. The molecule has 1 atom stereocenters. The van der Waals surface area contributed by atoms with Gasteiger partial charge in [-0.2, -0.15) is 0 Å². The fourth-order valence-electron chi connectivity index (χ4n) is 2.97. The summed E-state index contributed by atoms with van der Waals surface area (Å²) in [5.41, 5.74) is 1.71. The predicted octanol–water partition coefficient (Wildman–Crippen LogP) is 2.69. The molecule has 1 aliphatic rings. The molecule has 2 aromatic rings. The summed E-state index contributed by atoms with van der Waals surface area (Å²) in [5.74, 6) is -0.895. The van der Waals surface area contributed by atoms with Gasteiger partial charge in [0.2, 0.25) is 11.8 Å². The summed E-state index contributed by atoms with van der Waals surface area (Å²) in [6.45, 7) is 2.34. The molecule has 3 rings (SSSR count). The Morgan fingerprint density at radius 3 is 2.88 bits per heavy atom. The number of rotatable bonds is 4. The molecular formula is C18H18BrN3O3. The molecule has 0 spiro atoms. The van der Waals surface area contributed by atoms with Crippen LogP contribution in [0, 0.1) is 5.92 Å². The number of pyridine rings is 1. The third kappa shape index (κ3) is 3.66. The molecule has 1 aromatic heterocycles. The van der Waals surface area contributed by atoms with Gasteiger partial charge >= 0.3 is 0 Å². The number of para-hydroxylation sites is 1. The summed E-state index contributed by atoms with van der Waals surface area (Å²) < 4.78 is 0.656. The molecule has 1 aliphatic heterocycles. The van der Waals surface area contributed by atoms with E-state index in [1.54, 1.807) is 4.90 Å². The quantitative estimate of drug-likeness (QED) is 0.822. The predicted molar refractivity (Wildman–Crippen MR) is 99.7 cm³/mol. The Kier molecular flexibility index (Phi) is 5.03. The van der Waals surface area contributed by atoms with Gasteiger partial charge in [-0.15, -0.1) is 0 Å². The number of aromatic amines is 1. The Hall–Kier alpha value is -2.41. The monoisotopic (exact) mass is 403 g/mol. The van der Waals surface area contributed by atoms with Crippen LogP contribution in [0.5, 0.6) is 0 Å². The first-order chi connectivity index (χ1) is 12.0. The van der Waals surface area contributed by atoms with E-state index in [1.165, 1.54) is 12.3 Å². The summed E-state index contributed by atoms with van der Waals surface area (Å²) in [5, 5.41) is 2.62. The van der Waals surface area contributed by atoms with Crippen LogP contribution in [0.15, 0.2) is 45.8 Å². The Labute approximate surface area is 153 Å². The Bertz CT molecular complexity index is 878. The molecule has 0 radical (unpaired) electrons. The van der Waals surface area contributed by atoms with Crippen molar-refractivity contribution >= 4 is 39.1 Å². The third-order valence-corrected chi connectivity index (χ3v) is 4.74. The van der Waals surface area contributed by atoms with Gasteiger partial charge in [-0.05, 0) is 40.0 Å². The third-order valence-electron chi connectivity index (χ3n) is 4.29. The SMILES string of the molecule is CCc1ccccc1N1CC(C(=O)Nc2cc(Br)c[nH]c2=O)CC1=O. The second kappa shape index (κ2) is 7.23. The van der Waals surface area contributed by atoms with Gasteiger partial charge in [0.25, 0.3) is 5.56 Å². The highest BCUT2D eigenvalue weighted by molar-refractivity contribution is 9.10. The van der Waals surface area contributed by atoms with Crippen molar-refractivity contribution in [1.82, 2.24) is 4.98 Å². The number of benzene rings is 1. The summed E-state index contributed by atoms with van der Waals surface area (Å²) in [7, 11) is 0. The van der Waals surface area contributed by atoms with Crippen molar-refractivity contribution in [3.05, 3.63) is 56.9 Å². The molecule has 6 nitrogen and oxygen atoms in total. The first kappa shape index (κ1) is 17.4. The normalized spacial score (nSPS) is 17.0. The molecule has 0 saturated carbocycles. The average Bonchev–Trinajstić information content (AvgIpc) is 3.00. The smallest absolute Gasteiger partial charge is 0.271 e. The van der Waals surface area contributed by atoms with Crippen LogP contribution in [0.2, 0.25) is 0 Å². The maximum atomic E-state index is 12.5. The second-order valence-electron chi connectivity index (χ2n) is 5.94. The van der Waals surface area contributed by atoms with E-state index < -0.39 is 5.92 Å². The number of carbonyl (C=O) groups excluding carboxylic acids is 2. The maximum Gasteiger partial charge on any atom is 0.271 e. The van der Waals surface area contributed by atoms with Gasteiger partial charge in [-0.3, -0.25) is 14.4 Å². The summed E-state index contributed by atoms with van der Waals surface area (Å²) in [4.78, 5) is 40.9. The van der Waals surface area contributed by atoms with Crippen LogP contribution in [0.25, 0.3) is 0 Å². The van der Waals surface area contributed by atoms with E-state index in [1.807, 2.05) is 31.2 Å². The Balaban J connectivity index is 1.77. The standard InChI is InChI=1S/C18H18BrN3O3/c1-2-11-5-3-4-6-15(11)22-10-12(7-16(22)23)17(24)21-14-8-13(19)9-20-18(14)25/h3-6,8-9,12H,2,7,10H2,1H3,(H,20,25)(H,21,24). The van der Waals surface area contributed by atoms with Gasteiger partial charge in [-0.1, -0.05) is 25.1 Å². The number of aromatic nitrogens is 1. The van der Waals surface area contributed by atoms with E-state index in [-0.39, 0.29) is 29.5 Å². The molecule has 1 unspecified atom stereocenters. The molecule has 130 valence electrons. The molecule has 1 aromatic carbocycles. The van der Waals surface area contributed by atoms with Crippen molar-refractivity contribution in [2.24, 2.45) is 5.92 Å². The summed E-state index contributed by atoms with van der Waals surface area (Å²) in [6.07, 6.45) is 2.44. The zero-order valence-corrected chi connectivity index (χ0v) is 15.3. The maximum absolute atomic E-state index is 12.5. The van der Waals surface area contributed by atoms with Crippen LogP contribution in [-0.4, -0.2) is 23.3 Å². The average molecular weight is 404 g/mol. The number of nitrogens with one attached hydrogen (secondary N) is 2. The van der Waals surface area contributed by atoms with E-state index >= 15 is 0 Å². The fourth-order valence-corrected chi connectivity index (χ4v) is 3.32. The largest absolute Gasteiger partial charge is 0.326 e. The number of hydrogen-bond acceptors (Lipinski definition) is 3. The highest BCUT2D eigenvalue weighted by Gasteiger charge is 2.36. The van der Waals surface area contributed by atoms with Crippen LogP contribution >= 0.6 is 15.9 Å². The van der Waals surface area contributed by atoms with Gasteiger partial charge < -0.3 is 15.2 Å². The van der Waals surface area contributed by atoms with Crippen LogP contribution in [0.3, 0.4) is 0 Å². The lowest BCUT2D eigenvalue weighted by molar-refractivity contribution is -0.122. The number of aryl methyl sites for hydroxylation is 1. The zero-order chi connectivity index (χ0) is 18.0. The lowest BCUT2D eigenvalue weighted by Crippen LogP contribution is -2.30. The number of carbonyl (C=O) groups is 2. The number of halogens is 1. The van der Waals surface area contributed by atoms with Gasteiger partial charge in [0.15, 0.2) is 0 Å². The first-order valence-corrected chi connectivity index (χ1v) is 8.86. The van der Waals surface area contributed by atoms with Crippen molar-refractivity contribution in [2.45, 2.75) is 19.8 Å². The van der Waals surface area contributed by atoms with E-state index in [9.17, 15) is 14.4 Å². The first-order valence-electron chi connectivity index (χ1n) is 8.07. The number of nitrogens with zero attached hydrogens (tertiary/aromatic N) is 1. The second-order valence-corrected chi connectivity index (χ2v) is 6.85. The molecule has 1 saturated heterocycles. The lowest BCUT2D eigenvalue weighted by atomic mass is 10.1. The lowest BCUT2D eigenvalue weighted by Gasteiger charge is -2.19. The summed E-state index contributed by atoms with van der Waals surface area (Å²) >= 11 is 3.25. The van der Waals surface area contributed by atoms with Gasteiger partial charge in [0.05, 0.1) is 5.92 Å². The van der Waals surface area contributed by atoms with E-state index in [4.69, 9.17) is 0 Å². The Morgan fingerprint density at radius 1 is 1.36 bits per heavy atom. The van der Waals surface area contributed by atoms with Crippen LogP contribution in [-0.2, 0) is 16.0 Å². The van der Waals surface area contributed by atoms with Crippen molar-refractivity contribution in [2.75, 3.05) is 16.8 Å². The zero-order valence-electron chi connectivity index (χ0n) is 13.7. The molecule has 2 heterocycles. The highest BCUT2D eigenvalue weighted by atomic mass is 79.9. The highest BCUT2D eigenvalue weighted by Crippen LogP contribution is 2.29. The molecule has 1 fully saturated rings. The topological polar surface area (TPSA) is 82.3 Å². The van der Waals surface area contributed by atoms with Gasteiger partial charge in [-0.25, -0.2) is 0 Å². The number of hydrogen-bond donors (Lipinski definition) is 2. The van der Waals surface area contributed by atoms with Crippen molar-refractivity contribution in [3.8, 4) is 0 Å². The van der Waals surface area contributed by atoms with Crippen LogP contribution < -0.4 is 15.8 Å². The van der Waals surface area contributed by atoms with Gasteiger partial charge in [0.1, 0.15) is 5.69 Å².